The fraction of sp³-hybridized carbons (Fsp3) is 0.333. The lowest BCUT2D eigenvalue weighted by Crippen LogP contribution is -2.43. The van der Waals surface area contributed by atoms with Crippen LogP contribution >= 0.6 is 23.8 Å². The number of halogens is 1. The number of thiocarbonyl (C=S) groups is 1. The highest BCUT2D eigenvalue weighted by atomic mass is 35.5. The minimum Gasteiger partial charge on any atom is -0.392 e. The first-order valence-electron chi connectivity index (χ1n) is 5.32. The number of amides is 1. The van der Waals surface area contributed by atoms with Crippen molar-refractivity contribution in [1.29, 1.82) is 0 Å². The number of nitrogens with one attached hydrogen (secondary N) is 1. The molecular weight excluding hydrogens is 256 g/mol. The molecule has 1 unspecified atom stereocenters. The van der Waals surface area contributed by atoms with Crippen LogP contribution < -0.4 is 11.1 Å². The summed E-state index contributed by atoms with van der Waals surface area (Å²) < 4.78 is 0. The van der Waals surface area contributed by atoms with Crippen LogP contribution in [-0.4, -0.2) is 16.9 Å². The van der Waals surface area contributed by atoms with E-state index in [2.05, 4.69) is 5.32 Å². The molecule has 0 radical (unpaired) electrons. The molecule has 0 bridgehead atoms. The summed E-state index contributed by atoms with van der Waals surface area (Å²) in [5.41, 5.74) is 6.83. The number of rotatable bonds is 4. The predicted octanol–water partition coefficient (Wildman–Crippen LogP) is 2.44. The van der Waals surface area contributed by atoms with Crippen LogP contribution in [0.15, 0.2) is 18.2 Å². The smallest absolute Gasteiger partial charge is 0.252 e. The molecule has 1 atom stereocenters. The van der Waals surface area contributed by atoms with Crippen molar-refractivity contribution in [2.75, 3.05) is 0 Å². The fourth-order valence-electron chi connectivity index (χ4n) is 1.46. The molecule has 1 aromatic carbocycles. The van der Waals surface area contributed by atoms with Crippen molar-refractivity contribution in [3.8, 4) is 0 Å². The van der Waals surface area contributed by atoms with E-state index in [1.807, 2.05) is 6.92 Å². The summed E-state index contributed by atoms with van der Waals surface area (Å²) in [6, 6.07) is 4.93. The van der Waals surface area contributed by atoms with Crippen molar-refractivity contribution < 1.29 is 4.79 Å². The van der Waals surface area contributed by atoms with Gasteiger partial charge < -0.3 is 11.1 Å². The minimum absolute atomic E-state index is 0.204. The predicted molar refractivity (Wildman–Crippen MR) is 74.5 cm³/mol. The molecule has 0 heterocycles. The van der Waals surface area contributed by atoms with E-state index in [-0.39, 0.29) is 11.9 Å². The molecule has 0 aromatic heterocycles. The van der Waals surface area contributed by atoms with Gasteiger partial charge >= 0.3 is 0 Å². The summed E-state index contributed by atoms with van der Waals surface area (Å²) in [5, 5.41) is 3.36. The standard InChI is InChI=1S/C12H15ClN2OS/c1-3-10(11(14)17)15-12(16)8-5-4-6-9(13)7(8)2/h4-6,10H,3H2,1-2H3,(H2,14,17)(H,15,16). The van der Waals surface area contributed by atoms with Gasteiger partial charge in [-0.25, -0.2) is 0 Å². The largest absolute Gasteiger partial charge is 0.392 e. The lowest BCUT2D eigenvalue weighted by Gasteiger charge is -2.16. The zero-order chi connectivity index (χ0) is 13.0. The highest BCUT2D eigenvalue weighted by Crippen LogP contribution is 2.18. The van der Waals surface area contributed by atoms with E-state index in [9.17, 15) is 4.79 Å². The number of nitrogens with two attached hydrogens (primary N) is 1. The Balaban J connectivity index is 2.90. The Labute approximate surface area is 111 Å². The molecule has 0 saturated heterocycles. The van der Waals surface area contributed by atoms with Crippen molar-refractivity contribution in [3.63, 3.8) is 0 Å². The van der Waals surface area contributed by atoms with Gasteiger partial charge in [0.15, 0.2) is 0 Å². The SMILES string of the molecule is CCC(NC(=O)c1cccc(Cl)c1C)C(N)=S. The van der Waals surface area contributed by atoms with E-state index in [1.165, 1.54) is 0 Å². The van der Waals surface area contributed by atoms with Gasteiger partial charge in [0, 0.05) is 10.6 Å². The van der Waals surface area contributed by atoms with E-state index in [0.29, 0.717) is 22.0 Å². The van der Waals surface area contributed by atoms with E-state index >= 15 is 0 Å². The van der Waals surface area contributed by atoms with Gasteiger partial charge in [-0.2, -0.15) is 0 Å². The normalized spacial score (nSPS) is 11.9. The Hall–Kier alpha value is -1.13. The summed E-state index contributed by atoms with van der Waals surface area (Å²) in [6.45, 7) is 3.72. The Kier molecular flexibility index (Phi) is 4.90. The second-order valence-electron chi connectivity index (χ2n) is 3.75. The van der Waals surface area contributed by atoms with Crippen LogP contribution in [0.3, 0.4) is 0 Å². The summed E-state index contributed by atoms with van der Waals surface area (Å²) in [6.07, 6.45) is 0.667. The third-order valence-corrected chi connectivity index (χ3v) is 3.26. The maximum Gasteiger partial charge on any atom is 0.252 e. The second-order valence-corrected chi connectivity index (χ2v) is 4.63. The second kappa shape index (κ2) is 5.98. The monoisotopic (exact) mass is 270 g/mol. The Morgan fingerprint density at radius 2 is 2.24 bits per heavy atom. The number of carbonyl (C=O) groups is 1. The molecule has 1 rings (SSSR count). The molecule has 0 fully saturated rings. The molecule has 5 heteroatoms. The number of benzene rings is 1. The first-order valence-corrected chi connectivity index (χ1v) is 6.11. The summed E-state index contributed by atoms with van der Waals surface area (Å²) >= 11 is 10.8. The lowest BCUT2D eigenvalue weighted by atomic mass is 10.1. The van der Waals surface area contributed by atoms with Crippen LogP contribution in [0, 0.1) is 6.92 Å². The van der Waals surface area contributed by atoms with Crippen molar-refractivity contribution in [2.45, 2.75) is 26.3 Å². The molecule has 0 aliphatic rings. The van der Waals surface area contributed by atoms with Gasteiger partial charge in [-0.05, 0) is 31.0 Å². The van der Waals surface area contributed by atoms with Gasteiger partial charge in [0.25, 0.3) is 5.91 Å². The Morgan fingerprint density at radius 1 is 1.59 bits per heavy atom. The van der Waals surface area contributed by atoms with Crippen LogP contribution in [-0.2, 0) is 0 Å². The quantitative estimate of drug-likeness (QED) is 0.827. The van der Waals surface area contributed by atoms with Gasteiger partial charge in [-0.15, -0.1) is 0 Å². The molecule has 92 valence electrons. The van der Waals surface area contributed by atoms with Crippen LogP contribution in [0.1, 0.15) is 29.3 Å². The summed E-state index contributed by atoms with van der Waals surface area (Å²) in [7, 11) is 0. The van der Waals surface area contributed by atoms with Crippen molar-refractivity contribution >= 4 is 34.7 Å². The maximum atomic E-state index is 12.0. The van der Waals surface area contributed by atoms with Crippen molar-refractivity contribution in [3.05, 3.63) is 34.3 Å². The number of hydrogen-bond acceptors (Lipinski definition) is 2. The number of carbonyl (C=O) groups excluding carboxylic acids is 1. The van der Waals surface area contributed by atoms with Gasteiger partial charge in [-0.3, -0.25) is 4.79 Å². The lowest BCUT2D eigenvalue weighted by molar-refractivity contribution is 0.0946. The third-order valence-electron chi connectivity index (χ3n) is 2.57. The molecule has 0 spiro atoms. The molecule has 3 N–H and O–H groups in total. The van der Waals surface area contributed by atoms with E-state index in [1.54, 1.807) is 25.1 Å². The topological polar surface area (TPSA) is 55.1 Å². The molecule has 1 aromatic rings. The highest BCUT2D eigenvalue weighted by Gasteiger charge is 2.16. The molecule has 0 saturated carbocycles. The Morgan fingerprint density at radius 3 is 2.76 bits per heavy atom. The van der Waals surface area contributed by atoms with Gasteiger partial charge in [0.1, 0.15) is 0 Å². The molecule has 0 aliphatic heterocycles. The average molecular weight is 271 g/mol. The molecule has 0 aliphatic carbocycles. The highest BCUT2D eigenvalue weighted by molar-refractivity contribution is 7.80. The number of hydrogen-bond donors (Lipinski definition) is 2. The van der Waals surface area contributed by atoms with E-state index in [0.717, 1.165) is 5.56 Å². The van der Waals surface area contributed by atoms with E-state index in [4.69, 9.17) is 29.6 Å². The first kappa shape index (κ1) is 13.9. The Bertz CT molecular complexity index is 448. The average Bonchev–Trinajstić information content (AvgIpc) is 2.28. The molecule has 3 nitrogen and oxygen atoms in total. The van der Waals surface area contributed by atoms with Gasteiger partial charge in [0.2, 0.25) is 0 Å². The van der Waals surface area contributed by atoms with Crippen molar-refractivity contribution in [1.82, 2.24) is 5.32 Å². The molecule has 1 amide bonds. The van der Waals surface area contributed by atoms with Gasteiger partial charge in [0.05, 0.1) is 11.0 Å². The summed E-state index contributed by atoms with van der Waals surface area (Å²) in [4.78, 5) is 12.3. The zero-order valence-corrected chi connectivity index (χ0v) is 11.4. The van der Waals surface area contributed by atoms with Gasteiger partial charge in [-0.1, -0.05) is 36.8 Å². The fourth-order valence-corrected chi connectivity index (χ4v) is 1.86. The van der Waals surface area contributed by atoms with Crippen LogP contribution in [0.4, 0.5) is 0 Å². The van der Waals surface area contributed by atoms with Crippen LogP contribution in [0.2, 0.25) is 5.02 Å². The maximum absolute atomic E-state index is 12.0. The first-order chi connectivity index (χ1) is 7.97. The minimum atomic E-state index is -0.282. The van der Waals surface area contributed by atoms with Crippen molar-refractivity contribution in [2.24, 2.45) is 5.73 Å². The third kappa shape index (κ3) is 3.41. The van der Waals surface area contributed by atoms with Crippen LogP contribution in [0.5, 0.6) is 0 Å². The summed E-state index contributed by atoms with van der Waals surface area (Å²) in [5.74, 6) is -0.204. The van der Waals surface area contributed by atoms with E-state index < -0.39 is 0 Å². The zero-order valence-electron chi connectivity index (χ0n) is 9.79. The molecular formula is C12H15ClN2OS. The van der Waals surface area contributed by atoms with Crippen LogP contribution in [0.25, 0.3) is 0 Å². The molecule has 17 heavy (non-hydrogen) atoms.